The van der Waals surface area contributed by atoms with Gasteiger partial charge >= 0.3 is 0 Å². The molecule has 3 N–H and O–H groups in total. The third-order valence-electron chi connectivity index (χ3n) is 3.07. The van der Waals surface area contributed by atoms with Gasteiger partial charge in [0, 0.05) is 10.8 Å². The van der Waals surface area contributed by atoms with Crippen molar-refractivity contribution < 1.29 is 5.11 Å². The maximum Gasteiger partial charge on any atom is 0.147 e. The molecule has 3 nitrogen and oxygen atoms in total. The molecule has 0 radical (unpaired) electrons. The summed E-state index contributed by atoms with van der Waals surface area (Å²) in [5, 5.41) is 13.0. The average molecular weight is 331 g/mol. The topological polar surface area (TPSA) is 59.1 Å². The Morgan fingerprint density at radius 1 is 1.20 bits per heavy atom. The summed E-state index contributed by atoms with van der Waals surface area (Å²) in [7, 11) is 0. The lowest BCUT2D eigenvalue weighted by atomic mass is 10.1. The van der Waals surface area contributed by atoms with E-state index in [1.165, 1.54) is 0 Å². The molecule has 1 heterocycles. The van der Waals surface area contributed by atoms with Crippen LogP contribution in [0.25, 0.3) is 21.0 Å². The van der Waals surface area contributed by atoms with Crippen molar-refractivity contribution in [2.75, 3.05) is 5.73 Å². The molecule has 0 saturated carbocycles. The van der Waals surface area contributed by atoms with E-state index in [2.05, 4.69) is 11.9 Å². The number of nitrogens with zero attached hydrogens (tertiary/aromatic N) is 1. The van der Waals surface area contributed by atoms with E-state index in [1.54, 1.807) is 11.3 Å². The van der Waals surface area contributed by atoms with Crippen molar-refractivity contribution in [3.63, 3.8) is 0 Å². The van der Waals surface area contributed by atoms with Crippen LogP contribution >= 0.6 is 36.2 Å². The second-order valence-electron chi connectivity index (χ2n) is 4.34. The Balaban J connectivity index is 0.000001000. The number of phenols is 1. The van der Waals surface area contributed by atoms with Crippen LogP contribution in [0.15, 0.2) is 24.3 Å². The molecule has 0 aliphatic rings. The molecule has 2 aromatic carbocycles. The average Bonchev–Trinajstić information content (AvgIpc) is 2.81. The van der Waals surface area contributed by atoms with Gasteiger partial charge in [-0.2, -0.15) is 0 Å². The first kappa shape index (κ1) is 16.8. The molecule has 0 amide bonds. The Hall–Kier alpha value is -1.23. The summed E-state index contributed by atoms with van der Waals surface area (Å²) in [4.78, 5) is 4.66. The van der Waals surface area contributed by atoms with Gasteiger partial charge in [-0.1, -0.05) is 31.2 Å². The van der Waals surface area contributed by atoms with Gasteiger partial charge in [-0.05, 0) is 12.8 Å². The van der Waals surface area contributed by atoms with E-state index in [0.717, 1.165) is 38.8 Å². The van der Waals surface area contributed by atoms with Crippen LogP contribution < -0.4 is 5.73 Å². The summed E-state index contributed by atoms with van der Waals surface area (Å²) in [6.07, 6.45) is 2.01. The highest BCUT2D eigenvalue weighted by Crippen LogP contribution is 2.41. The van der Waals surface area contributed by atoms with Crippen molar-refractivity contribution in [1.29, 1.82) is 0 Å². The highest BCUT2D eigenvalue weighted by Gasteiger charge is 2.15. The van der Waals surface area contributed by atoms with Crippen LogP contribution in [0, 0.1) is 0 Å². The summed E-state index contributed by atoms with van der Waals surface area (Å²) < 4.78 is 0.898. The van der Waals surface area contributed by atoms with Crippen LogP contribution in [0.1, 0.15) is 18.4 Å². The first-order valence-electron chi connectivity index (χ1n) is 6.01. The van der Waals surface area contributed by atoms with Gasteiger partial charge in [0.25, 0.3) is 0 Å². The van der Waals surface area contributed by atoms with E-state index >= 15 is 0 Å². The Morgan fingerprint density at radius 3 is 2.50 bits per heavy atom. The fraction of sp³-hybridized carbons (Fsp3) is 0.214. The van der Waals surface area contributed by atoms with Gasteiger partial charge in [0.15, 0.2) is 0 Å². The number of aromatic nitrogens is 1. The number of nitrogens with two attached hydrogens (primary N) is 1. The van der Waals surface area contributed by atoms with Gasteiger partial charge in [-0.25, -0.2) is 4.98 Å². The van der Waals surface area contributed by atoms with Crippen molar-refractivity contribution in [1.82, 2.24) is 4.98 Å². The van der Waals surface area contributed by atoms with Crippen molar-refractivity contribution in [3.05, 3.63) is 29.3 Å². The molecule has 108 valence electrons. The van der Waals surface area contributed by atoms with E-state index in [0.29, 0.717) is 5.69 Å². The van der Waals surface area contributed by atoms with E-state index in [1.807, 2.05) is 24.3 Å². The molecule has 0 bridgehead atoms. The van der Waals surface area contributed by atoms with Crippen molar-refractivity contribution in [2.24, 2.45) is 0 Å². The van der Waals surface area contributed by atoms with Gasteiger partial charge in [0.2, 0.25) is 0 Å². The zero-order valence-corrected chi connectivity index (χ0v) is 13.4. The summed E-state index contributed by atoms with van der Waals surface area (Å²) in [5.41, 5.74) is 7.37. The standard InChI is InChI=1S/C14H14N2OS.2ClH/c1-2-5-10-16-12-8-6-3-4-7-9(8)13(17)11(15)14(12)18-10;;/h3-4,6-7,17H,2,5,15H2,1H3;2*1H. The van der Waals surface area contributed by atoms with E-state index < -0.39 is 0 Å². The molecule has 0 aliphatic carbocycles. The summed E-state index contributed by atoms with van der Waals surface area (Å²) in [5.74, 6) is 0.171. The molecule has 20 heavy (non-hydrogen) atoms. The first-order chi connectivity index (χ1) is 8.72. The van der Waals surface area contributed by atoms with Crippen LogP contribution in [0.3, 0.4) is 0 Å². The first-order valence-corrected chi connectivity index (χ1v) is 6.82. The number of benzene rings is 2. The Morgan fingerprint density at radius 2 is 1.85 bits per heavy atom. The number of fused-ring (bicyclic) bond motifs is 3. The lowest BCUT2D eigenvalue weighted by molar-refractivity contribution is 0.485. The highest BCUT2D eigenvalue weighted by atomic mass is 35.5. The molecule has 0 aliphatic heterocycles. The Bertz CT molecular complexity index is 743. The number of aromatic hydroxyl groups is 1. The van der Waals surface area contributed by atoms with Crippen LogP contribution in [0.4, 0.5) is 5.69 Å². The van der Waals surface area contributed by atoms with Crippen LogP contribution in [-0.4, -0.2) is 10.1 Å². The zero-order chi connectivity index (χ0) is 12.7. The maximum atomic E-state index is 10.1. The quantitative estimate of drug-likeness (QED) is 0.536. The highest BCUT2D eigenvalue weighted by molar-refractivity contribution is 7.19. The van der Waals surface area contributed by atoms with Crippen LogP contribution in [-0.2, 0) is 6.42 Å². The smallest absolute Gasteiger partial charge is 0.147 e. The molecule has 3 rings (SSSR count). The van der Waals surface area contributed by atoms with E-state index in [4.69, 9.17) is 5.73 Å². The molecular weight excluding hydrogens is 315 g/mol. The maximum absolute atomic E-state index is 10.1. The number of anilines is 1. The van der Waals surface area contributed by atoms with Gasteiger partial charge in [-0.15, -0.1) is 36.2 Å². The lowest BCUT2D eigenvalue weighted by Gasteiger charge is -2.05. The van der Waals surface area contributed by atoms with Gasteiger partial charge < -0.3 is 10.8 Å². The largest absolute Gasteiger partial charge is 0.505 e. The molecule has 0 fully saturated rings. The molecular formula is C14H16Cl2N2OS. The molecule has 0 atom stereocenters. The van der Waals surface area contributed by atoms with Crippen LogP contribution in [0.5, 0.6) is 5.75 Å². The van der Waals surface area contributed by atoms with Crippen molar-refractivity contribution in [3.8, 4) is 5.75 Å². The number of aryl methyl sites for hydroxylation is 1. The summed E-state index contributed by atoms with van der Waals surface area (Å²) in [6.45, 7) is 2.13. The number of thiazole rings is 1. The SMILES string of the molecule is CCCc1nc2c(s1)c(N)c(O)c1ccccc12.Cl.Cl. The minimum atomic E-state index is 0. The second-order valence-corrected chi connectivity index (χ2v) is 5.43. The number of phenolic OH excluding ortho intramolecular Hbond substituents is 1. The monoisotopic (exact) mass is 330 g/mol. The molecule has 1 aromatic heterocycles. The minimum absolute atomic E-state index is 0. The van der Waals surface area contributed by atoms with Crippen molar-refractivity contribution >= 4 is 62.8 Å². The normalized spacial score (nSPS) is 10.2. The molecule has 6 heteroatoms. The summed E-state index contributed by atoms with van der Waals surface area (Å²) in [6, 6.07) is 7.70. The third-order valence-corrected chi connectivity index (χ3v) is 4.22. The lowest BCUT2D eigenvalue weighted by Crippen LogP contribution is -1.88. The van der Waals surface area contributed by atoms with Gasteiger partial charge in [0.1, 0.15) is 5.75 Å². The summed E-state index contributed by atoms with van der Waals surface area (Å²) >= 11 is 1.58. The number of nitrogen functional groups attached to an aromatic ring is 1. The molecule has 0 saturated heterocycles. The number of rotatable bonds is 2. The van der Waals surface area contributed by atoms with Crippen molar-refractivity contribution in [2.45, 2.75) is 19.8 Å². The predicted molar refractivity (Wildman–Crippen MR) is 91.7 cm³/mol. The minimum Gasteiger partial charge on any atom is -0.505 e. The number of hydrogen-bond acceptors (Lipinski definition) is 4. The van der Waals surface area contributed by atoms with Crippen LogP contribution in [0.2, 0.25) is 0 Å². The fourth-order valence-electron chi connectivity index (χ4n) is 2.20. The second kappa shape index (κ2) is 6.48. The van der Waals surface area contributed by atoms with Gasteiger partial charge in [-0.3, -0.25) is 0 Å². The van der Waals surface area contributed by atoms with E-state index in [-0.39, 0.29) is 30.6 Å². The Labute approximate surface area is 133 Å². The predicted octanol–water partition coefficient (Wildman–Crippen LogP) is 4.53. The van der Waals surface area contributed by atoms with Gasteiger partial charge in [0.05, 0.1) is 20.9 Å². The fourth-order valence-corrected chi connectivity index (χ4v) is 3.34. The Kier molecular flexibility index (Phi) is 5.45. The number of hydrogen-bond donors (Lipinski definition) is 2. The zero-order valence-electron chi connectivity index (χ0n) is 10.9. The molecule has 3 aromatic rings. The molecule has 0 unspecified atom stereocenters. The third kappa shape index (κ3) is 2.51. The molecule has 0 spiro atoms. The number of halogens is 2. The van der Waals surface area contributed by atoms with E-state index in [9.17, 15) is 5.11 Å².